The largest absolute Gasteiger partial charge is 0.394 e. The first-order chi connectivity index (χ1) is 58.0. The van der Waals surface area contributed by atoms with Crippen LogP contribution in [0.4, 0.5) is 0 Å². The number of aliphatic hydroxyl groups is 19. The molecule has 39 heteroatoms. The van der Waals surface area contributed by atoms with Crippen LogP contribution >= 0.6 is 0 Å². The van der Waals surface area contributed by atoms with E-state index in [0.29, 0.717) is 12.8 Å². The molecule has 22 N–H and O–H groups in total. The molecule has 0 aromatic rings. The number of ether oxygens (including phenoxy) is 14. The minimum atomic E-state index is -2.39. The molecule has 3 amide bonds. The van der Waals surface area contributed by atoms with Crippen molar-refractivity contribution < 1.29 is 178 Å². The van der Waals surface area contributed by atoms with Crippen molar-refractivity contribution in [1.82, 2.24) is 16.0 Å². The Morgan fingerprint density at radius 1 is 0.339 bits per heavy atom. The Kier molecular flexibility index (Phi) is 47.1. The molecule has 0 radical (unpaired) electrons. The predicted molar refractivity (Wildman–Crippen MR) is 424 cm³/mol. The number of amides is 3. The SMILES string of the molecule is CCCCCCCCCCCCC/C=C/[C@@H](O)[C@H](CO[C@@H]1OC(CO)[C@@H](O[C@@H]2OC(CO)[C@H](O)[C@H](O[C@@H]3OC(CO)[C@@H](O[C@H]4OC(C)[C@@H](O)C(O)[C@@H]4O)[C@H](O[C@@H]4OC(CO)[C@H](O)[C@H](O[C@@H]5OC(CO)[C@@H](O)[C@H](O[C@H]6OC(C)[C@@H](O)C(O)[C@@H]6O)C5NC(C)=O)C4O)C3NC(C)=O)C2O)[C@H](O)C1O)NC(=O)CCCCCCCCCCCCCCCCC. The first-order valence-electron chi connectivity index (χ1n) is 44.2. The van der Waals surface area contributed by atoms with E-state index < -0.39 is 278 Å². The molecule has 121 heavy (non-hydrogen) atoms. The van der Waals surface area contributed by atoms with E-state index in [-0.39, 0.29) is 12.3 Å². The Labute approximate surface area is 708 Å². The molecule has 0 aromatic heterocycles. The van der Waals surface area contributed by atoms with Gasteiger partial charge in [0.05, 0.1) is 64.0 Å². The van der Waals surface area contributed by atoms with Crippen LogP contribution < -0.4 is 16.0 Å². The molecule has 7 aliphatic rings. The van der Waals surface area contributed by atoms with Crippen LogP contribution in [0.1, 0.15) is 221 Å². The zero-order chi connectivity index (χ0) is 88.6. The summed E-state index contributed by atoms with van der Waals surface area (Å²) in [6, 6.07) is -4.86. The van der Waals surface area contributed by atoms with Gasteiger partial charge in [-0.15, -0.1) is 0 Å². The number of hydrogen-bond donors (Lipinski definition) is 22. The molecule has 0 spiro atoms. The summed E-state index contributed by atoms with van der Waals surface area (Å²) in [7, 11) is 0. The van der Waals surface area contributed by atoms with E-state index in [4.69, 9.17) is 66.3 Å². The van der Waals surface area contributed by atoms with Crippen molar-refractivity contribution >= 4 is 17.7 Å². The molecule has 7 saturated heterocycles. The molecule has 14 unspecified atom stereocenters. The lowest BCUT2D eigenvalue weighted by atomic mass is 9.93. The van der Waals surface area contributed by atoms with Gasteiger partial charge in [0.2, 0.25) is 17.7 Å². The third-order valence-corrected chi connectivity index (χ3v) is 23.8. The average Bonchev–Trinajstić information content (AvgIpc) is 0.762. The van der Waals surface area contributed by atoms with Gasteiger partial charge in [-0.3, -0.25) is 14.4 Å². The van der Waals surface area contributed by atoms with Gasteiger partial charge >= 0.3 is 0 Å². The van der Waals surface area contributed by atoms with Crippen LogP contribution in [0.3, 0.4) is 0 Å². The highest BCUT2D eigenvalue weighted by atomic mass is 16.8. The summed E-state index contributed by atoms with van der Waals surface area (Å²) in [5.41, 5.74) is 0. The quantitative estimate of drug-likeness (QED) is 0.0220. The normalized spacial score (nSPS) is 39.2. The molecular formula is C82H147N3O36. The number of rotatable bonds is 53. The van der Waals surface area contributed by atoms with Crippen molar-refractivity contribution in [1.29, 1.82) is 0 Å². The van der Waals surface area contributed by atoms with Gasteiger partial charge < -0.3 is 179 Å². The molecule has 39 nitrogen and oxygen atoms in total. The van der Waals surface area contributed by atoms with Crippen molar-refractivity contribution in [3.63, 3.8) is 0 Å². The van der Waals surface area contributed by atoms with Gasteiger partial charge in [-0.25, -0.2) is 0 Å². The molecule has 7 heterocycles. The number of aliphatic hydroxyl groups excluding tert-OH is 19. The highest BCUT2D eigenvalue weighted by Crippen LogP contribution is 2.40. The summed E-state index contributed by atoms with van der Waals surface area (Å²) in [6.07, 6.45) is -31.3. The molecule has 706 valence electrons. The average molecular weight is 1750 g/mol. The number of nitrogens with one attached hydrogen (secondary N) is 3. The molecule has 0 aliphatic carbocycles. The highest BCUT2D eigenvalue weighted by molar-refractivity contribution is 5.76. The van der Waals surface area contributed by atoms with Crippen LogP contribution in [0.15, 0.2) is 12.2 Å². The minimum absolute atomic E-state index is 0.153. The van der Waals surface area contributed by atoms with Crippen LogP contribution in [-0.4, -0.2) is 381 Å². The fourth-order valence-electron chi connectivity index (χ4n) is 16.5. The first-order valence-corrected chi connectivity index (χ1v) is 44.2. The molecule has 7 fully saturated rings. The van der Waals surface area contributed by atoms with Gasteiger partial charge in [-0.1, -0.05) is 180 Å². The highest BCUT2D eigenvalue weighted by Gasteiger charge is 2.60. The number of carbonyl (C=O) groups excluding carboxylic acids is 3. The number of carbonyl (C=O) groups is 3. The van der Waals surface area contributed by atoms with Gasteiger partial charge in [-0.05, 0) is 33.1 Å². The number of allylic oxidation sites excluding steroid dienone is 1. The maximum absolute atomic E-state index is 13.6. The summed E-state index contributed by atoms with van der Waals surface area (Å²) in [6.45, 7) is 3.21. The van der Waals surface area contributed by atoms with Crippen molar-refractivity contribution in [2.45, 2.75) is 448 Å². The second-order valence-corrected chi connectivity index (χ2v) is 33.4. The van der Waals surface area contributed by atoms with Crippen LogP contribution in [0.2, 0.25) is 0 Å². The second kappa shape index (κ2) is 54.3. The zero-order valence-electron chi connectivity index (χ0n) is 71.0. The molecule has 0 bridgehead atoms. The second-order valence-electron chi connectivity index (χ2n) is 33.4. The number of unbranched alkanes of at least 4 members (excludes halogenated alkanes) is 25. The van der Waals surface area contributed by atoms with Crippen molar-refractivity contribution in [3.8, 4) is 0 Å². The fourth-order valence-corrected chi connectivity index (χ4v) is 16.5. The van der Waals surface area contributed by atoms with Gasteiger partial charge in [0, 0.05) is 20.3 Å². The number of hydrogen-bond acceptors (Lipinski definition) is 36. The molecule has 7 aliphatic heterocycles. The van der Waals surface area contributed by atoms with E-state index in [1.807, 2.05) is 6.08 Å². The first kappa shape index (κ1) is 105. The van der Waals surface area contributed by atoms with Gasteiger partial charge in [-0.2, -0.15) is 0 Å². The van der Waals surface area contributed by atoms with E-state index in [2.05, 4.69) is 29.8 Å². The summed E-state index contributed by atoms with van der Waals surface area (Å²) >= 11 is 0. The van der Waals surface area contributed by atoms with Gasteiger partial charge in [0.15, 0.2) is 44.0 Å². The molecule has 7 rings (SSSR count). The lowest BCUT2D eigenvalue weighted by Gasteiger charge is -2.52. The van der Waals surface area contributed by atoms with Crippen molar-refractivity contribution in [3.05, 3.63) is 12.2 Å². The summed E-state index contributed by atoms with van der Waals surface area (Å²) in [4.78, 5) is 40.2. The lowest BCUT2D eigenvalue weighted by Crippen LogP contribution is -2.72. The van der Waals surface area contributed by atoms with E-state index in [1.54, 1.807) is 6.08 Å². The van der Waals surface area contributed by atoms with E-state index >= 15 is 0 Å². The van der Waals surface area contributed by atoms with E-state index in [0.717, 1.165) is 65.2 Å². The minimum Gasteiger partial charge on any atom is -0.394 e. The van der Waals surface area contributed by atoms with Crippen LogP contribution in [0.5, 0.6) is 0 Å². The van der Waals surface area contributed by atoms with Gasteiger partial charge in [0.25, 0.3) is 0 Å². The maximum atomic E-state index is 13.6. The Hall–Kier alpha value is -3.17. The standard InChI is InChI=1S/C82H147N3O36/c1-7-9-11-13-15-17-19-21-22-24-26-28-30-32-34-36-54(94)85-47(48(93)35-33-31-29-27-25-23-20-18-16-14-12-10-8-2)42-108-78-67(105)64(102)70(52(40-89)115-78)116-81-68(106)74(60(98)50(38-87)112-81)121-77-56(84-46(6)92)73(71(53(41-90)114-77)117-79-65(103)62(100)57(95)43(3)109-79)119-82-69(107)75(61(99)51(39-88)113-82)120-76-55(83-45(5)91)72(59(97)49(37-86)111-76)118-80-66(104)63(101)58(96)44(4)110-80/h33,35,43-44,47-53,55-82,86-90,93,95-107H,7-32,34,36-42H2,1-6H3,(H,83,91)(H,84,92)(H,85,94)/b35-33+/t43?,44?,47-,48+,49?,50?,51?,52?,53?,55?,56?,57+,58+,59+,60-,61-,62?,63?,64+,65-,66-,67?,68?,69?,70+,71+,72+,73+,74-,75-,76-,77-,78+,79+,80+,81-,82-/m0/s1. The zero-order valence-corrected chi connectivity index (χ0v) is 71.0. The summed E-state index contributed by atoms with van der Waals surface area (Å²) in [5, 5.41) is 223. The van der Waals surface area contributed by atoms with Crippen LogP contribution in [0, 0.1) is 0 Å². The smallest absolute Gasteiger partial charge is 0.220 e. The maximum Gasteiger partial charge on any atom is 0.220 e. The van der Waals surface area contributed by atoms with E-state index in [9.17, 15) is 111 Å². The Balaban J connectivity index is 1.08. The van der Waals surface area contributed by atoms with Crippen LogP contribution in [0.25, 0.3) is 0 Å². The molecule has 0 aromatic carbocycles. The molecular weight excluding hydrogens is 1600 g/mol. The topological polar surface area (TPSA) is 601 Å². The Morgan fingerprint density at radius 3 is 1.08 bits per heavy atom. The summed E-state index contributed by atoms with van der Waals surface area (Å²) < 4.78 is 84.9. The van der Waals surface area contributed by atoms with Crippen molar-refractivity contribution in [2.75, 3.05) is 39.6 Å². The predicted octanol–water partition coefficient (Wildman–Crippen LogP) is -2.54. The van der Waals surface area contributed by atoms with Crippen molar-refractivity contribution in [2.24, 2.45) is 0 Å². The monoisotopic (exact) mass is 1750 g/mol. The van der Waals surface area contributed by atoms with Crippen LogP contribution in [-0.2, 0) is 80.7 Å². The third-order valence-electron chi connectivity index (χ3n) is 23.8. The molecule has 0 saturated carbocycles. The third kappa shape index (κ3) is 30.7. The fraction of sp³-hybridized carbons (Fsp3) is 0.939. The molecule has 37 atom stereocenters. The van der Waals surface area contributed by atoms with E-state index in [1.165, 1.54) is 123 Å². The summed E-state index contributed by atoms with van der Waals surface area (Å²) in [5.74, 6) is -2.17. The lowest BCUT2D eigenvalue weighted by molar-refractivity contribution is -0.396. The Morgan fingerprint density at radius 2 is 0.661 bits per heavy atom. The Bertz CT molecular complexity index is 2890. The van der Waals surface area contributed by atoms with Gasteiger partial charge in [0.1, 0.15) is 159 Å².